The number of benzene rings is 1. The number of nitrogens with one attached hydrogen (secondary N) is 1. The molecular formula is C17H26N2O3S. The van der Waals surface area contributed by atoms with Crippen LogP contribution in [0.25, 0.3) is 0 Å². The van der Waals surface area contributed by atoms with Gasteiger partial charge in [0.2, 0.25) is 10.0 Å². The van der Waals surface area contributed by atoms with Crippen molar-refractivity contribution in [3.8, 4) is 0 Å². The summed E-state index contributed by atoms with van der Waals surface area (Å²) in [4.78, 5) is 14.4. The second kappa shape index (κ2) is 6.24. The van der Waals surface area contributed by atoms with Crippen molar-refractivity contribution in [2.75, 3.05) is 7.05 Å². The highest BCUT2D eigenvalue weighted by Crippen LogP contribution is 2.35. The number of hydrogen-bond acceptors (Lipinski definition) is 3. The molecule has 0 heterocycles. The van der Waals surface area contributed by atoms with Gasteiger partial charge >= 0.3 is 0 Å². The Bertz CT molecular complexity index is 671. The molecule has 0 radical (unpaired) electrons. The minimum atomic E-state index is -3.58. The van der Waals surface area contributed by atoms with Crippen molar-refractivity contribution in [3.05, 3.63) is 29.8 Å². The van der Waals surface area contributed by atoms with Gasteiger partial charge in [-0.05, 0) is 70.7 Å². The van der Waals surface area contributed by atoms with E-state index in [2.05, 4.69) is 11.6 Å². The van der Waals surface area contributed by atoms with Crippen molar-refractivity contribution in [1.29, 1.82) is 0 Å². The lowest BCUT2D eigenvalue weighted by Gasteiger charge is -2.25. The molecule has 6 heteroatoms. The van der Waals surface area contributed by atoms with Gasteiger partial charge in [0.1, 0.15) is 0 Å². The average molecular weight is 338 g/mol. The van der Waals surface area contributed by atoms with Crippen molar-refractivity contribution >= 4 is 15.9 Å². The SMILES string of the molecule is CC(C1CC1)N(C)C(=O)c1ccc(S(=O)(=O)NC(C)(C)C)cc1. The van der Waals surface area contributed by atoms with Crippen molar-refractivity contribution in [2.24, 2.45) is 5.92 Å². The summed E-state index contributed by atoms with van der Waals surface area (Å²) in [7, 11) is -1.77. The lowest BCUT2D eigenvalue weighted by Crippen LogP contribution is -2.40. The van der Waals surface area contributed by atoms with E-state index in [4.69, 9.17) is 0 Å². The summed E-state index contributed by atoms with van der Waals surface area (Å²) in [5.74, 6) is 0.525. The van der Waals surface area contributed by atoms with Gasteiger partial charge in [-0.2, -0.15) is 0 Å². The molecule has 1 atom stereocenters. The minimum Gasteiger partial charge on any atom is -0.339 e. The number of amides is 1. The maximum Gasteiger partial charge on any atom is 0.253 e. The van der Waals surface area contributed by atoms with E-state index in [1.54, 1.807) is 44.9 Å². The largest absolute Gasteiger partial charge is 0.339 e. The monoisotopic (exact) mass is 338 g/mol. The van der Waals surface area contributed by atoms with Crippen LogP contribution in [0.3, 0.4) is 0 Å². The van der Waals surface area contributed by atoms with Gasteiger partial charge in [-0.3, -0.25) is 4.79 Å². The van der Waals surface area contributed by atoms with E-state index in [0.29, 0.717) is 11.5 Å². The molecule has 0 aromatic heterocycles. The Balaban J connectivity index is 2.14. The summed E-state index contributed by atoms with van der Waals surface area (Å²) in [6, 6.07) is 6.34. The molecule has 1 aliphatic carbocycles. The van der Waals surface area contributed by atoms with E-state index in [0.717, 1.165) is 0 Å². The fourth-order valence-corrected chi connectivity index (χ4v) is 3.94. The maximum absolute atomic E-state index is 12.5. The van der Waals surface area contributed by atoms with Crippen molar-refractivity contribution in [3.63, 3.8) is 0 Å². The van der Waals surface area contributed by atoms with Crippen LogP contribution in [0.15, 0.2) is 29.2 Å². The molecule has 0 spiro atoms. The predicted octanol–water partition coefficient (Wildman–Crippen LogP) is 2.63. The molecule has 1 amide bonds. The molecule has 1 N–H and O–H groups in total. The molecule has 23 heavy (non-hydrogen) atoms. The standard InChI is InChI=1S/C17H26N2O3S/c1-12(13-6-7-13)19(5)16(20)14-8-10-15(11-9-14)23(21,22)18-17(2,3)4/h8-13,18H,6-7H2,1-5H3. The Kier molecular flexibility index (Phi) is 4.87. The number of rotatable bonds is 5. The van der Waals surface area contributed by atoms with Crippen molar-refractivity contribution in [2.45, 2.75) is 57.0 Å². The third kappa shape index (κ3) is 4.54. The van der Waals surface area contributed by atoms with E-state index >= 15 is 0 Å². The third-order valence-electron chi connectivity index (χ3n) is 4.09. The number of carbonyl (C=O) groups is 1. The van der Waals surface area contributed by atoms with Gasteiger partial charge in [-0.25, -0.2) is 13.1 Å². The quantitative estimate of drug-likeness (QED) is 0.897. The van der Waals surface area contributed by atoms with Crippen molar-refractivity contribution < 1.29 is 13.2 Å². The van der Waals surface area contributed by atoms with E-state index in [9.17, 15) is 13.2 Å². The van der Waals surface area contributed by atoms with Gasteiger partial charge in [0.25, 0.3) is 5.91 Å². The molecule has 0 bridgehead atoms. The summed E-state index contributed by atoms with van der Waals surface area (Å²) in [5.41, 5.74) is -0.0394. The Morgan fingerprint density at radius 2 is 1.74 bits per heavy atom. The van der Waals surface area contributed by atoms with E-state index in [-0.39, 0.29) is 16.8 Å². The van der Waals surface area contributed by atoms with Crippen LogP contribution < -0.4 is 4.72 Å². The van der Waals surface area contributed by atoms with Gasteiger partial charge in [0, 0.05) is 24.2 Å². The van der Waals surface area contributed by atoms with Gasteiger partial charge in [-0.1, -0.05) is 0 Å². The van der Waals surface area contributed by atoms with Crippen LogP contribution in [-0.2, 0) is 10.0 Å². The van der Waals surface area contributed by atoms with E-state index in [1.807, 2.05) is 0 Å². The first kappa shape index (κ1) is 17.9. The molecule has 1 fully saturated rings. The summed E-state index contributed by atoms with van der Waals surface area (Å²) in [6.45, 7) is 7.42. The van der Waals surface area contributed by atoms with Crippen LogP contribution >= 0.6 is 0 Å². The summed E-state index contributed by atoms with van der Waals surface area (Å²) < 4.78 is 27.1. The highest BCUT2D eigenvalue weighted by molar-refractivity contribution is 7.89. The smallest absolute Gasteiger partial charge is 0.253 e. The molecule has 5 nitrogen and oxygen atoms in total. The molecular weight excluding hydrogens is 312 g/mol. The Morgan fingerprint density at radius 3 is 2.17 bits per heavy atom. The van der Waals surface area contributed by atoms with Crippen molar-refractivity contribution in [1.82, 2.24) is 9.62 Å². The fraction of sp³-hybridized carbons (Fsp3) is 0.588. The maximum atomic E-state index is 12.5. The Hall–Kier alpha value is -1.40. The molecule has 0 aliphatic heterocycles. The zero-order valence-corrected chi connectivity index (χ0v) is 15.3. The first-order valence-corrected chi connectivity index (χ1v) is 9.41. The normalized spacial score (nSPS) is 16.9. The summed E-state index contributed by atoms with van der Waals surface area (Å²) >= 11 is 0. The first-order chi connectivity index (χ1) is 10.5. The molecule has 1 aromatic rings. The molecule has 0 saturated heterocycles. The Morgan fingerprint density at radius 1 is 1.22 bits per heavy atom. The van der Waals surface area contributed by atoms with Crippen LogP contribution in [-0.4, -0.2) is 37.9 Å². The molecule has 1 aliphatic rings. The first-order valence-electron chi connectivity index (χ1n) is 7.92. The van der Waals surface area contributed by atoms with Crippen LogP contribution in [0.1, 0.15) is 50.9 Å². The van der Waals surface area contributed by atoms with Gasteiger partial charge in [-0.15, -0.1) is 0 Å². The van der Waals surface area contributed by atoms with E-state index in [1.165, 1.54) is 25.0 Å². The number of sulfonamides is 1. The van der Waals surface area contributed by atoms with Gasteiger partial charge < -0.3 is 4.90 Å². The lowest BCUT2D eigenvalue weighted by atomic mass is 10.1. The third-order valence-corrected chi connectivity index (χ3v) is 5.86. The highest BCUT2D eigenvalue weighted by atomic mass is 32.2. The second-order valence-electron chi connectivity index (χ2n) is 7.37. The fourth-order valence-electron chi connectivity index (χ4n) is 2.52. The van der Waals surface area contributed by atoms with Crippen LogP contribution in [0, 0.1) is 5.92 Å². The number of nitrogens with zero attached hydrogens (tertiary/aromatic N) is 1. The number of hydrogen-bond donors (Lipinski definition) is 1. The van der Waals surface area contributed by atoms with Gasteiger partial charge in [0.05, 0.1) is 4.90 Å². The molecule has 2 rings (SSSR count). The van der Waals surface area contributed by atoms with Crippen LogP contribution in [0.5, 0.6) is 0 Å². The summed E-state index contributed by atoms with van der Waals surface area (Å²) in [6.07, 6.45) is 2.35. The molecule has 1 unspecified atom stereocenters. The Labute approximate surface area is 139 Å². The average Bonchev–Trinajstić information content (AvgIpc) is 3.27. The number of carbonyl (C=O) groups excluding carboxylic acids is 1. The molecule has 1 saturated carbocycles. The predicted molar refractivity (Wildman–Crippen MR) is 90.8 cm³/mol. The highest BCUT2D eigenvalue weighted by Gasteiger charge is 2.32. The molecule has 128 valence electrons. The zero-order chi connectivity index (χ0) is 17.4. The van der Waals surface area contributed by atoms with Crippen LogP contribution in [0.2, 0.25) is 0 Å². The minimum absolute atomic E-state index is 0.0721. The van der Waals surface area contributed by atoms with Crippen LogP contribution in [0.4, 0.5) is 0 Å². The second-order valence-corrected chi connectivity index (χ2v) is 9.06. The topological polar surface area (TPSA) is 66.5 Å². The van der Waals surface area contributed by atoms with E-state index < -0.39 is 15.6 Å². The molecule has 1 aromatic carbocycles. The van der Waals surface area contributed by atoms with Gasteiger partial charge in [0.15, 0.2) is 0 Å². The zero-order valence-electron chi connectivity index (χ0n) is 14.5. The summed E-state index contributed by atoms with van der Waals surface area (Å²) in [5, 5.41) is 0. The lowest BCUT2D eigenvalue weighted by molar-refractivity contribution is 0.0727.